The molecule has 2 aromatic carbocycles. The maximum absolute atomic E-state index is 11.9. The fraction of sp³-hybridized carbons (Fsp3) is 0.389. The van der Waals surface area contributed by atoms with E-state index in [1.54, 1.807) is 6.92 Å². The van der Waals surface area contributed by atoms with Crippen LogP contribution in [0.1, 0.15) is 18.9 Å². The molecule has 2 rings (SSSR count). The molecule has 5 nitrogen and oxygen atoms in total. The van der Waals surface area contributed by atoms with Gasteiger partial charge in [-0.05, 0) is 36.1 Å². The van der Waals surface area contributed by atoms with Crippen molar-refractivity contribution in [3.05, 3.63) is 48.0 Å². The molecule has 2 amide bonds. The fourth-order valence-corrected chi connectivity index (χ4v) is 3.34. The van der Waals surface area contributed by atoms with Crippen molar-refractivity contribution in [3.8, 4) is 0 Å². The molecule has 6 heteroatoms. The van der Waals surface area contributed by atoms with Gasteiger partial charge in [-0.25, -0.2) is 13.2 Å². The summed E-state index contributed by atoms with van der Waals surface area (Å²) < 4.78 is 22.3. The monoisotopic (exact) mass is 348 g/mol. The Labute approximate surface area is 143 Å². The minimum atomic E-state index is -3.00. The first-order chi connectivity index (χ1) is 11.3. The highest BCUT2D eigenvalue weighted by molar-refractivity contribution is 7.90. The highest BCUT2D eigenvalue weighted by Gasteiger charge is 2.10. The lowest BCUT2D eigenvalue weighted by Gasteiger charge is -2.14. The lowest BCUT2D eigenvalue weighted by molar-refractivity contribution is 0.237. The topological polar surface area (TPSA) is 75.3 Å². The van der Waals surface area contributed by atoms with Crippen LogP contribution in [-0.2, 0) is 16.3 Å². The van der Waals surface area contributed by atoms with Crippen LogP contribution in [0.15, 0.2) is 42.5 Å². The molecule has 1 atom stereocenters. The summed E-state index contributed by atoms with van der Waals surface area (Å²) in [7, 11) is -3.00. The Morgan fingerprint density at radius 1 is 1.12 bits per heavy atom. The standard InChI is InChI=1S/C18H24N2O3S/c1-14(11-13-24(2,22)23)20-18(21)19-12-10-16-8-5-7-15-6-3-4-9-17(15)16/h3-9,14H,10-13H2,1-2H3,(H2,19,20,21)/t14-/m1/s1. The van der Waals surface area contributed by atoms with Gasteiger partial charge in [-0.3, -0.25) is 0 Å². The van der Waals surface area contributed by atoms with Gasteiger partial charge in [0, 0.05) is 18.8 Å². The van der Waals surface area contributed by atoms with Gasteiger partial charge in [0.15, 0.2) is 0 Å². The lowest BCUT2D eigenvalue weighted by Crippen LogP contribution is -2.42. The average Bonchev–Trinajstić information content (AvgIpc) is 2.52. The summed E-state index contributed by atoms with van der Waals surface area (Å²) in [5, 5.41) is 7.97. The van der Waals surface area contributed by atoms with Crippen LogP contribution in [0.25, 0.3) is 10.8 Å². The predicted octanol–water partition coefficient (Wildman–Crippen LogP) is 2.50. The molecule has 0 unspecified atom stereocenters. The zero-order valence-electron chi connectivity index (χ0n) is 14.1. The maximum Gasteiger partial charge on any atom is 0.315 e. The Morgan fingerprint density at radius 2 is 1.83 bits per heavy atom. The van der Waals surface area contributed by atoms with E-state index in [2.05, 4.69) is 34.9 Å². The molecule has 130 valence electrons. The number of benzene rings is 2. The third-order valence-electron chi connectivity index (χ3n) is 3.86. The Hall–Kier alpha value is -2.08. The maximum atomic E-state index is 11.9. The van der Waals surface area contributed by atoms with E-state index in [1.165, 1.54) is 22.6 Å². The Balaban J connectivity index is 1.80. The second kappa shape index (κ2) is 8.15. The summed E-state index contributed by atoms with van der Waals surface area (Å²) >= 11 is 0. The second-order valence-corrected chi connectivity index (χ2v) is 8.37. The molecule has 0 radical (unpaired) electrons. The number of sulfone groups is 1. The predicted molar refractivity (Wildman–Crippen MR) is 98.0 cm³/mol. The second-order valence-electron chi connectivity index (χ2n) is 6.11. The quantitative estimate of drug-likeness (QED) is 0.807. The normalized spacial score (nSPS) is 12.8. The van der Waals surface area contributed by atoms with Crippen molar-refractivity contribution in [1.29, 1.82) is 0 Å². The molecule has 0 saturated carbocycles. The summed E-state index contributed by atoms with van der Waals surface area (Å²) in [5.41, 5.74) is 1.19. The molecular weight excluding hydrogens is 324 g/mol. The van der Waals surface area contributed by atoms with Gasteiger partial charge < -0.3 is 10.6 Å². The van der Waals surface area contributed by atoms with Gasteiger partial charge in [-0.1, -0.05) is 42.5 Å². The van der Waals surface area contributed by atoms with Crippen LogP contribution in [0.4, 0.5) is 4.79 Å². The molecule has 2 aromatic rings. The number of carbonyl (C=O) groups is 1. The molecule has 0 aliphatic rings. The summed E-state index contributed by atoms with van der Waals surface area (Å²) in [5.74, 6) is 0.0739. The van der Waals surface area contributed by atoms with Gasteiger partial charge >= 0.3 is 6.03 Å². The zero-order valence-corrected chi connectivity index (χ0v) is 14.9. The van der Waals surface area contributed by atoms with Crippen molar-refractivity contribution in [2.24, 2.45) is 0 Å². The molecule has 0 bridgehead atoms. The van der Waals surface area contributed by atoms with E-state index in [9.17, 15) is 13.2 Å². The Kier molecular flexibility index (Phi) is 6.20. The molecule has 0 fully saturated rings. The zero-order chi connectivity index (χ0) is 17.6. The Bertz CT molecular complexity index is 798. The first-order valence-corrected chi connectivity index (χ1v) is 10.1. The van der Waals surface area contributed by atoms with Crippen molar-refractivity contribution in [2.75, 3.05) is 18.6 Å². The number of carbonyl (C=O) groups excluding carboxylic acids is 1. The average molecular weight is 348 g/mol. The smallest absolute Gasteiger partial charge is 0.315 e. The van der Waals surface area contributed by atoms with Crippen molar-refractivity contribution < 1.29 is 13.2 Å². The first-order valence-electron chi connectivity index (χ1n) is 8.04. The van der Waals surface area contributed by atoms with Gasteiger partial charge in [-0.15, -0.1) is 0 Å². The minimum Gasteiger partial charge on any atom is -0.338 e. The summed E-state index contributed by atoms with van der Waals surface area (Å²) in [6.07, 6.45) is 2.35. The molecule has 0 saturated heterocycles. The van der Waals surface area contributed by atoms with Gasteiger partial charge in [0.1, 0.15) is 9.84 Å². The molecule has 0 aliphatic carbocycles. The summed E-state index contributed by atoms with van der Waals surface area (Å²) in [4.78, 5) is 11.9. The number of fused-ring (bicyclic) bond motifs is 1. The van der Waals surface area contributed by atoms with Crippen LogP contribution in [0, 0.1) is 0 Å². The summed E-state index contributed by atoms with van der Waals surface area (Å²) in [6, 6.07) is 13.9. The Morgan fingerprint density at radius 3 is 2.58 bits per heavy atom. The van der Waals surface area contributed by atoms with Gasteiger partial charge in [0.25, 0.3) is 0 Å². The number of rotatable bonds is 7. The summed E-state index contributed by atoms with van der Waals surface area (Å²) in [6.45, 7) is 2.33. The van der Waals surface area contributed by atoms with E-state index in [4.69, 9.17) is 0 Å². The first kappa shape index (κ1) is 18.3. The molecular formula is C18H24N2O3S. The van der Waals surface area contributed by atoms with Crippen LogP contribution in [-0.4, -0.2) is 39.0 Å². The van der Waals surface area contributed by atoms with Crippen LogP contribution >= 0.6 is 0 Å². The highest BCUT2D eigenvalue weighted by Crippen LogP contribution is 2.18. The molecule has 0 spiro atoms. The van der Waals surface area contributed by atoms with Crippen LogP contribution in [0.2, 0.25) is 0 Å². The van der Waals surface area contributed by atoms with Gasteiger partial charge in [0.2, 0.25) is 0 Å². The highest BCUT2D eigenvalue weighted by atomic mass is 32.2. The molecule has 24 heavy (non-hydrogen) atoms. The number of urea groups is 1. The number of hydrogen-bond acceptors (Lipinski definition) is 3. The van der Waals surface area contributed by atoms with Gasteiger partial charge in [-0.2, -0.15) is 0 Å². The number of hydrogen-bond donors (Lipinski definition) is 2. The molecule has 2 N–H and O–H groups in total. The van der Waals surface area contributed by atoms with Gasteiger partial charge in [0.05, 0.1) is 5.75 Å². The van der Waals surface area contributed by atoms with E-state index in [1.807, 2.05) is 18.2 Å². The van der Waals surface area contributed by atoms with Crippen LogP contribution in [0.5, 0.6) is 0 Å². The largest absolute Gasteiger partial charge is 0.338 e. The fourth-order valence-electron chi connectivity index (χ4n) is 2.56. The number of amides is 2. The third-order valence-corrected chi connectivity index (χ3v) is 4.84. The van der Waals surface area contributed by atoms with Crippen LogP contribution < -0.4 is 10.6 Å². The van der Waals surface area contributed by atoms with E-state index >= 15 is 0 Å². The van der Waals surface area contributed by atoms with Crippen molar-refractivity contribution in [2.45, 2.75) is 25.8 Å². The van der Waals surface area contributed by atoms with Crippen molar-refractivity contribution in [3.63, 3.8) is 0 Å². The molecule has 0 aromatic heterocycles. The van der Waals surface area contributed by atoms with E-state index in [0.717, 1.165) is 6.42 Å². The van der Waals surface area contributed by atoms with Crippen molar-refractivity contribution in [1.82, 2.24) is 10.6 Å². The molecule has 0 aliphatic heterocycles. The SMILES string of the molecule is C[C@H](CCS(C)(=O)=O)NC(=O)NCCc1cccc2ccccc12. The minimum absolute atomic E-state index is 0.0739. The van der Waals surface area contributed by atoms with E-state index < -0.39 is 9.84 Å². The van der Waals surface area contributed by atoms with Crippen LogP contribution in [0.3, 0.4) is 0 Å². The molecule has 0 heterocycles. The lowest BCUT2D eigenvalue weighted by atomic mass is 10.0. The third kappa shape index (κ3) is 5.85. The van der Waals surface area contributed by atoms with Crippen molar-refractivity contribution >= 4 is 26.6 Å². The van der Waals surface area contributed by atoms with E-state index in [-0.39, 0.29) is 17.8 Å². The number of nitrogens with one attached hydrogen (secondary N) is 2. The van der Waals surface area contributed by atoms with E-state index in [0.29, 0.717) is 13.0 Å².